The third-order valence-corrected chi connectivity index (χ3v) is 4.88. The van der Waals surface area contributed by atoms with E-state index >= 15 is 0 Å². The third-order valence-electron chi connectivity index (χ3n) is 3.50. The average molecular weight is 316 g/mol. The molecule has 0 spiro atoms. The van der Waals surface area contributed by atoms with Crippen molar-refractivity contribution in [3.63, 3.8) is 0 Å². The van der Waals surface area contributed by atoms with E-state index in [1.807, 2.05) is 7.05 Å². The maximum Gasteiger partial charge on any atom is 0.325 e. The number of carbonyl (C=O) groups is 1. The SMILES string of the molecule is CN1CCCC(CNS(=O)(=O)c2cnn(CC(=O)O)c2)C1. The Morgan fingerprint density at radius 2 is 2.33 bits per heavy atom. The molecule has 0 saturated carbocycles. The first-order valence-electron chi connectivity index (χ1n) is 6.79. The van der Waals surface area contributed by atoms with Crippen molar-refractivity contribution in [2.24, 2.45) is 5.92 Å². The van der Waals surface area contributed by atoms with Crippen molar-refractivity contribution in [2.75, 3.05) is 26.7 Å². The van der Waals surface area contributed by atoms with Crippen molar-refractivity contribution in [3.8, 4) is 0 Å². The molecule has 0 bridgehead atoms. The van der Waals surface area contributed by atoms with Gasteiger partial charge in [-0.25, -0.2) is 13.1 Å². The normalized spacial score (nSPS) is 20.5. The second kappa shape index (κ2) is 6.54. The highest BCUT2D eigenvalue weighted by atomic mass is 32.2. The Morgan fingerprint density at radius 1 is 1.57 bits per heavy atom. The van der Waals surface area contributed by atoms with E-state index in [2.05, 4.69) is 14.7 Å². The van der Waals surface area contributed by atoms with E-state index in [1.165, 1.54) is 6.20 Å². The number of nitrogens with zero attached hydrogens (tertiary/aromatic N) is 3. The van der Waals surface area contributed by atoms with Gasteiger partial charge in [-0.3, -0.25) is 9.48 Å². The molecule has 1 aromatic heterocycles. The van der Waals surface area contributed by atoms with E-state index in [0.29, 0.717) is 12.5 Å². The molecular weight excluding hydrogens is 296 g/mol. The molecule has 8 nitrogen and oxygen atoms in total. The van der Waals surface area contributed by atoms with Crippen LogP contribution in [0.3, 0.4) is 0 Å². The number of aliphatic carboxylic acids is 1. The Kier molecular flexibility index (Phi) is 4.96. The lowest BCUT2D eigenvalue weighted by Crippen LogP contribution is -2.39. The molecular formula is C12H20N4O4S. The van der Waals surface area contributed by atoms with Crippen molar-refractivity contribution < 1.29 is 18.3 Å². The maximum atomic E-state index is 12.1. The van der Waals surface area contributed by atoms with Crippen LogP contribution >= 0.6 is 0 Å². The molecule has 2 heterocycles. The van der Waals surface area contributed by atoms with E-state index in [1.54, 1.807) is 0 Å². The van der Waals surface area contributed by atoms with Crippen LogP contribution < -0.4 is 4.72 Å². The lowest BCUT2D eigenvalue weighted by atomic mass is 9.99. The van der Waals surface area contributed by atoms with Gasteiger partial charge < -0.3 is 10.0 Å². The van der Waals surface area contributed by atoms with Gasteiger partial charge in [0.25, 0.3) is 0 Å². The summed E-state index contributed by atoms with van der Waals surface area (Å²) in [5.41, 5.74) is 0. The Bertz CT molecular complexity index is 598. The summed E-state index contributed by atoms with van der Waals surface area (Å²) in [4.78, 5) is 12.7. The summed E-state index contributed by atoms with van der Waals surface area (Å²) in [6, 6.07) is 0. The smallest absolute Gasteiger partial charge is 0.325 e. The zero-order valence-electron chi connectivity index (χ0n) is 11.9. The average Bonchev–Trinajstić information content (AvgIpc) is 2.85. The van der Waals surface area contributed by atoms with Gasteiger partial charge in [-0.05, 0) is 32.4 Å². The number of hydrogen-bond acceptors (Lipinski definition) is 5. The van der Waals surface area contributed by atoms with Gasteiger partial charge in [-0.15, -0.1) is 0 Å². The van der Waals surface area contributed by atoms with Crippen LogP contribution in [0.1, 0.15) is 12.8 Å². The summed E-state index contributed by atoms with van der Waals surface area (Å²) in [7, 11) is -1.61. The molecule has 21 heavy (non-hydrogen) atoms. The molecule has 9 heteroatoms. The van der Waals surface area contributed by atoms with Crippen molar-refractivity contribution in [3.05, 3.63) is 12.4 Å². The molecule has 2 rings (SSSR count). The van der Waals surface area contributed by atoms with Gasteiger partial charge in [-0.2, -0.15) is 5.10 Å². The minimum absolute atomic E-state index is 0.00656. The van der Waals surface area contributed by atoms with Crippen LogP contribution in [-0.4, -0.2) is 60.9 Å². The number of rotatable bonds is 6. The minimum Gasteiger partial charge on any atom is -0.480 e. The first kappa shape index (κ1) is 15.9. The van der Waals surface area contributed by atoms with E-state index in [4.69, 9.17) is 5.11 Å². The molecule has 2 N–H and O–H groups in total. The second-order valence-electron chi connectivity index (χ2n) is 5.39. The fourth-order valence-corrected chi connectivity index (χ4v) is 3.53. The zero-order valence-corrected chi connectivity index (χ0v) is 12.7. The van der Waals surface area contributed by atoms with Gasteiger partial charge in [0, 0.05) is 19.3 Å². The molecule has 1 aromatic rings. The molecule has 1 saturated heterocycles. The number of aromatic nitrogens is 2. The molecule has 1 aliphatic heterocycles. The third kappa shape index (κ3) is 4.51. The molecule has 1 aliphatic rings. The summed E-state index contributed by atoms with van der Waals surface area (Å²) in [6.07, 6.45) is 4.46. The number of nitrogens with one attached hydrogen (secondary N) is 1. The first-order valence-corrected chi connectivity index (χ1v) is 8.27. The number of hydrogen-bond donors (Lipinski definition) is 2. The van der Waals surface area contributed by atoms with Crippen LogP contribution in [0.25, 0.3) is 0 Å². The Hall–Kier alpha value is -1.45. The van der Waals surface area contributed by atoms with Crippen LogP contribution in [0.15, 0.2) is 17.3 Å². The predicted molar refractivity (Wildman–Crippen MR) is 75.3 cm³/mol. The van der Waals surface area contributed by atoms with Gasteiger partial charge >= 0.3 is 5.97 Å². The van der Waals surface area contributed by atoms with Crippen LogP contribution in [0, 0.1) is 5.92 Å². The second-order valence-corrected chi connectivity index (χ2v) is 7.16. The largest absolute Gasteiger partial charge is 0.480 e. The van der Waals surface area contributed by atoms with Gasteiger partial charge in [0.2, 0.25) is 10.0 Å². The van der Waals surface area contributed by atoms with Gasteiger partial charge in [0.1, 0.15) is 11.4 Å². The molecule has 0 amide bonds. The highest BCUT2D eigenvalue weighted by Gasteiger charge is 2.22. The van der Waals surface area contributed by atoms with Gasteiger partial charge in [0.15, 0.2) is 0 Å². The van der Waals surface area contributed by atoms with Crippen LogP contribution in [-0.2, 0) is 21.4 Å². The quantitative estimate of drug-likeness (QED) is 0.739. The maximum absolute atomic E-state index is 12.1. The van der Waals surface area contributed by atoms with Crippen LogP contribution in [0.4, 0.5) is 0 Å². The Morgan fingerprint density at radius 3 is 3.00 bits per heavy atom. The molecule has 0 aliphatic carbocycles. The minimum atomic E-state index is -3.64. The molecule has 0 aromatic carbocycles. The van der Waals surface area contributed by atoms with Crippen molar-refractivity contribution in [2.45, 2.75) is 24.3 Å². The van der Waals surface area contributed by atoms with E-state index in [-0.39, 0.29) is 11.4 Å². The summed E-state index contributed by atoms with van der Waals surface area (Å²) >= 11 is 0. The number of carboxylic acids is 1. The van der Waals surface area contributed by atoms with E-state index in [9.17, 15) is 13.2 Å². The Balaban J connectivity index is 1.94. The summed E-state index contributed by atoms with van der Waals surface area (Å²) < 4.78 is 27.9. The summed E-state index contributed by atoms with van der Waals surface area (Å²) in [5.74, 6) is -0.771. The summed E-state index contributed by atoms with van der Waals surface area (Å²) in [5, 5.41) is 12.4. The molecule has 0 radical (unpaired) electrons. The van der Waals surface area contributed by atoms with Crippen LogP contribution in [0.5, 0.6) is 0 Å². The number of likely N-dealkylation sites (tertiary alicyclic amines) is 1. The lowest BCUT2D eigenvalue weighted by Gasteiger charge is -2.29. The fourth-order valence-electron chi connectivity index (χ4n) is 2.46. The monoisotopic (exact) mass is 316 g/mol. The number of piperidine rings is 1. The summed E-state index contributed by atoms with van der Waals surface area (Å²) in [6.45, 7) is 1.95. The van der Waals surface area contributed by atoms with E-state index in [0.717, 1.165) is 36.8 Å². The number of sulfonamides is 1. The highest BCUT2D eigenvalue weighted by molar-refractivity contribution is 7.89. The zero-order chi connectivity index (χ0) is 15.5. The standard InChI is InChI=1S/C12H20N4O4S/c1-15-4-2-3-10(7-15)5-14-21(19,20)11-6-13-16(8-11)9-12(17)18/h6,8,10,14H,2-5,7,9H2,1H3,(H,17,18). The van der Waals surface area contributed by atoms with Gasteiger partial charge in [-0.1, -0.05) is 0 Å². The van der Waals surface area contributed by atoms with Crippen molar-refractivity contribution >= 4 is 16.0 Å². The Labute approximate surface area is 123 Å². The molecule has 1 fully saturated rings. The topological polar surface area (TPSA) is 105 Å². The molecule has 118 valence electrons. The van der Waals surface area contributed by atoms with Crippen molar-refractivity contribution in [1.82, 2.24) is 19.4 Å². The lowest BCUT2D eigenvalue weighted by molar-refractivity contribution is -0.137. The van der Waals surface area contributed by atoms with E-state index < -0.39 is 16.0 Å². The number of carboxylic acid groups (broad SMARTS) is 1. The molecule has 1 unspecified atom stereocenters. The van der Waals surface area contributed by atoms with Crippen molar-refractivity contribution in [1.29, 1.82) is 0 Å². The fraction of sp³-hybridized carbons (Fsp3) is 0.667. The van der Waals surface area contributed by atoms with Crippen LogP contribution in [0.2, 0.25) is 0 Å². The molecule has 1 atom stereocenters. The highest BCUT2D eigenvalue weighted by Crippen LogP contribution is 2.15. The predicted octanol–water partition coefficient (Wildman–Crippen LogP) is -0.412. The van der Waals surface area contributed by atoms with Gasteiger partial charge in [0.05, 0.1) is 6.20 Å². The first-order chi connectivity index (χ1) is 9.87.